The number of rotatable bonds is 16. The minimum Gasteiger partial charge on any atom is -0.489 e. The van der Waals surface area contributed by atoms with E-state index in [2.05, 4.69) is 16.0 Å². The predicted molar refractivity (Wildman–Crippen MR) is 244 cm³/mol. The summed E-state index contributed by atoms with van der Waals surface area (Å²) in [6, 6.07) is 51.7. The molecule has 61 heavy (non-hydrogen) atoms. The Balaban J connectivity index is 1.11. The predicted octanol–water partition coefficient (Wildman–Crippen LogP) is 11.1. The number of thiophene rings is 1. The number of benzene rings is 6. The lowest BCUT2D eigenvalue weighted by Crippen LogP contribution is -2.30. The number of carbonyl (C=O) groups is 4. The molecule has 0 bridgehead atoms. The van der Waals surface area contributed by atoms with Gasteiger partial charge in [0.1, 0.15) is 33.9 Å². The van der Waals surface area contributed by atoms with Gasteiger partial charge >= 0.3 is 5.97 Å². The van der Waals surface area contributed by atoms with Gasteiger partial charge in [0.15, 0.2) is 0 Å². The Morgan fingerprint density at radius 3 is 2.07 bits per heavy atom. The van der Waals surface area contributed by atoms with Crippen LogP contribution in [0, 0.1) is 0 Å². The quantitative estimate of drug-likeness (QED) is 0.0503. The van der Waals surface area contributed by atoms with Crippen LogP contribution in [0.2, 0.25) is 0 Å². The molecule has 0 aliphatic carbocycles. The van der Waals surface area contributed by atoms with Crippen molar-refractivity contribution in [2.24, 2.45) is 0 Å². The molecule has 1 aromatic heterocycles. The van der Waals surface area contributed by atoms with Crippen molar-refractivity contribution in [3.05, 3.63) is 209 Å². The largest absolute Gasteiger partial charge is 0.489 e. The van der Waals surface area contributed by atoms with Gasteiger partial charge < -0.3 is 25.4 Å². The molecule has 0 saturated heterocycles. The fraction of sp³-hybridized carbons (Fsp3) is 0.0800. The van der Waals surface area contributed by atoms with Crippen molar-refractivity contribution in [1.82, 2.24) is 5.32 Å². The lowest BCUT2D eigenvalue weighted by Gasteiger charge is -2.18. The Morgan fingerprint density at radius 1 is 0.721 bits per heavy atom. The molecule has 304 valence electrons. The SMILES string of the molecule is CCOC(=O)c1c(-c2ccccc2)csc1NC(=O)C(Sc1cccc(NC(=O)/C(=C\c2ccc(OCc3ccccc3)cc2)NC(=O)c2ccccc2)c1)c1ccccc1. The number of esters is 1. The minimum atomic E-state index is -0.746. The smallest absolute Gasteiger partial charge is 0.341 e. The highest BCUT2D eigenvalue weighted by atomic mass is 32.2. The van der Waals surface area contributed by atoms with Crippen LogP contribution >= 0.6 is 23.1 Å². The maximum atomic E-state index is 14.3. The molecule has 0 saturated carbocycles. The minimum absolute atomic E-state index is 0.0228. The Kier molecular flexibility index (Phi) is 14.2. The molecule has 11 heteroatoms. The zero-order valence-electron chi connectivity index (χ0n) is 33.1. The molecule has 7 aromatic rings. The van der Waals surface area contributed by atoms with Crippen molar-refractivity contribution >= 4 is 63.6 Å². The van der Waals surface area contributed by atoms with Gasteiger partial charge in [-0.3, -0.25) is 14.4 Å². The van der Waals surface area contributed by atoms with Gasteiger partial charge in [-0.15, -0.1) is 23.1 Å². The summed E-state index contributed by atoms with van der Waals surface area (Å²) < 4.78 is 11.4. The van der Waals surface area contributed by atoms with Gasteiger partial charge in [0, 0.05) is 27.1 Å². The topological polar surface area (TPSA) is 123 Å². The van der Waals surface area contributed by atoms with Crippen LogP contribution in [0.5, 0.6) is 5.75 Å². The van der Waals surface area contributed by atoms with Crippen molar-refractivity contribution < 1.29 is 28.7 Å². The van der Waals surface area contributed by atoms with E-state index in [0.717, 1.165) is 16.7 Å². The Hall–Kier alpha value is -7.21. The van der Waals surface area contributed by atoms with Crippen molar-refractivity contribution in [1.29, 1.82) is 0 Å². The third kappa shape index (κ3) is 11.3. The second-order valence-corrected chi connectivity index (χ2v) is 15.6. The van der Waals surface area contributed by atoms with Gasteiger partial charge in [0.2, 0.25) is 5.91 Å². The monoisotopic (exact) mass is 843 g/mol. The Bertz CT molecular complexity index is 2620. The third-order valence-corrected chi connectivity index (χ3v) is 11.4. The Labute approximate surface area is 362 Å². The summed E-state index contributed by atoms with van der Waals surface area (Å²) in [6.45, 7) is 2.33. The zero-order valence-corrected chi connectivity index (χ0v) is 34.7. The molecule has 3 N–H and O–H groups in total. The van der Waals surface area contributed by atoms with E-state index in [-0.39, 0.29) is 18.2 Å². The molecule has 7 rings (SSSR count). The third-order valence-electron chi connectivity index (χ3n) is 9.25. The number of hydrogen-bond donors (Lipinski definition) is 3. The molecular formula is C50H41N3O6S2. The lowest BCUT2D eigenvalue weighted by atomic mass is 10.0. The van der Waals surface area contributed by atoms with Crippen LogP contribution in [0.15, 0.2) is 186 Å². The van der Waals surface area contributed by atoms with Gasteiger partial charge in [0.25, 0.3) is 11.8 Å². The fourth-order valence-electron chi connectivity index (χ4n) is 6.26. The standard InChI is InChI=1S/C50H41N3O6S2/c1-2-58-50(57)44-42(36-18-9-4-10-19-36)33-60-49(44)53-48(56)45(37-20-11-5-12-21-37)61-41-25-15-24-39(31-41)51-47(55)43(52-46(54)38-22-13-6-14-23-38)30-34-26-28-40(29-27-34)59-32-35-16-7-3-8-17-35/h3-31,33,45H,2,32H2,1H3,(H,51,55)(H,52,54)(H,53,56)/b43-30+. The molecule has 1 unspecified atom stereocenters. The van der Waals surface area contributed by atoms with Crippen LogP contribution in [0.4, 0.5) is 10.7 Å². The first-order valence-electron chi connectivity index (χ1n) is 19.5. The number of amides is 3. The zero-order chi connectivity index (χ0) is 42.4. The highest BCUT2D eigenvalue weighted by molar-refractivity contribution is 8.00. The molecule has 1 atom stereocenters. The first-order chi connectivity index (χ1) is 29.8. The lowest BCUT2D eigenvalue weighted by molar-refractivity contribution is -0.116. The number of nitrogens with one attached hydrogen (secondary N) is 3. The van der Waals surface area contributed by atoms with Crippen LogP contribution in [0.1, 0.15) is 49.6 Å². The van der Waals surface area contributed by atoms with Gasteiger partial charge in [0.05, 0.1) is 6.61 Å². The van der Waals surface area contributed by atoms with Gasteiger partial charge in [-0.2, -0.15) is 0 Å². The summed E-state index contributed by atoms with van der Waals surface area (Å²) in [5.41, 5.74) is 5.10. The molecule has 0 aliphatic heterocycles. The second kappa shape index (κ2) is 20.7. The molecule has 0 aliphatic rings. The highest BCUT2D eigenvalue weighted by Crippen LogP contribution is 2.40. The van der Waals surface area contributed by atoms with Gasteiger partial charge in [-0.1, -0.05) is 127 Å². The van der Waals surface area contributed by atoms with Crippen molar-refractivity contribution in [3.63, 3.8) is 0 Å². The molecule has 1 heterocycles. The molecule has 6 aromatic carbocycles. The molecule has 0 radical (unpaired) electrons. The highest BCUT2D eigenvalue weighted by Gasteiger charge is 2.28. The number of thioether (sulfide) groups is 1. The Morgan fingerprint density at radius 2 is 1.38 bits per heavy atom. The normalized spacial score (nSPS) is 11.5. The van der Waals surface area contributed by atoms with Crippen LogP contribution in [0.25, 0.3) is 17.2 Å². The molecule has 9 nitrogen and oxygen atoms in total. The molecule has 3 amide bonds. The average molecular weight is 844 g/mol. The van der Waals surface area contributed by atoms with Crippen LogP contribution in [0.3, 0.4) is 0 Å². The summed E-state index contributed by atoms with van der Waals surface area (Å²) in [5, 5.41) is 10.2. The first-order valence-corrected chi connectivity index (χ1v) is 21.2. The molecule has 0 spiro atoms. The maximum Gasteiger partial charge on any atom is 0.341 e. The van der Waals surface area contributed by atoms with E-state index in [0.29, 0.717) is 50.2 Å². The van der Waals surface area contributed by atoms with E-state index in [1.54, 1.807) is 55.5 Å². The summed E-state index contributed by atoms with van der Waals surface area (Å²) in [7, 11) is 0. The molecule has 0 fully saturated rings. The van der Waals surface area contributed by atoms with Crippen molar-refractivity contribution in [2.45, 2.75) is 23.7 Å². The van der Waals surface area contributed by atoms with Crippen LogP contribution in [-0.4, -0.2) is 30.3 Å². The van der Waals surface area contributed by atoms with E-state index in [9.17, 15) is 19.2 Å². The van der Waals surface area contributed by atoms with E-state index in [4.69, 9.17) is 9.47 Å². The number of anilines is 2. The maximum absolute atomic E-state index is 14.3. The van der Waals surface area contributed by atoms with E-state index >= 15 is 0 Å². The van der Waals surface area contributed by atoms with Gasteiger partial charge in [-0.25, -0.2) is 4.79 Å². The number of carbonyl (C=O) groups excluding carboxylic acids is 4. The van der Waals surface area contributed by atoms with Crippen LogP contribution < -0.4 is 20.7 Å². The number of ether oxygens (including phenoxy) is 2. The summed E-state index contributed by atoms with van der Waals surface area (Å²) in [6.07, 6.45) is 1.60. The van der Waals surface area contributed by atoms with Gasteiger partial charge in [-0.05, 0) is 77.7 Å². The summed E-state index contributed by atoms with van der Waals surface area (Å²) >= 11 is 2.55. The van der Waals surface area contributed by atoms with E-state index < -0.39 is 23.0 Å². The van der Waals surface area contributed by atoms with Crippen molar-refractivity contribution in [3.8, 4) is 16.9 Å². The summed E-state index contributed by atoms with van der Waals surface area (Å²) in [4.78, 5) is 55.5. The van der Waals surface area contributed by atoms with Crippen molar-refractivity contribution in [2.75, 3.05) is 17.2 Å². The summed E-state index contributed by atoms with van der Waals surface area (Å²) in [5.74, 6) is -1.21. The van der Waals surface area contributed by atoms with Crippen LogP contribution in [-0.2, 0) is 20.9 Å². The van der Waals surface area contributed by atoms with E-state index in [1.807, 2.05) is 133 Å². The molecular weight excluding hydrogens is 803 g/mol. The number of hydrogen-bond acceptors (Lipinski definition) is 8. The fourth-order valence-corrected chi connectivity index (χ4v) is 8.30. The second-order valence-electron chi connectivity index (χ2n) is 13.5. The first kappa shape index (κ1) is 41.9. The van der Waals surface area contributed by atoms with E-state index in [1.165, 1.54) is 23.1 Å². The average Bonchev–Trinajstić information content (AvgIpc) is 3.72.